The summed E-state index contributed by atoms with van der Waals surface area (Å²) in [5.41, 5.74) is 2.60. The van der Waals surface area contributed by atoms with Crippen LogP contribution in [0.5, 0.6) is 0 Å². The van der Waals surface area contributed by atoms with Crippen molar-refractivity contribution in [3.8, 4) is 0 Å². The van der Waals surface area contributed by atoms with Gasteiger partial charge in [0.1, 0.15) is 0 Å². The van der Waals surface area contributed by atoms with Crippen molar-refractivity contribution in [3.05, 3.63) is 33.4 Å². The molecule has 4 rings (SSSR count). The third kappa shape index (κ3) is 4.23. The molecule has 0 spiro atoms. The fourth-order valence-corrected chi connectivity index (χ4v) is 4.64. The number of ether oxygens (including phenoxy) is 1. The number of amides is 2. The van der Waals surface area contributed by atoms with E-state index in [-0.39, 0.29) is 23.4 Å². The Kier molecular flexibility index (Phi) is 6.41. The Labute approximate surface area is 181 Å². The molecule has 2 aromatic heterocycles. The highest BCUT2D eigenvalue weighted by Crippen LogP contribution is 2.31. The molecule has 0 saturated carbocycles. The smallest absolute Gasteiger partial charge is 0.277 e. The fourth-order valence-electron chi connectivity index (χ4n) is 4.64. The molecule has 168 valence electrons. The molecule has 2 aliphatic heterocycles. The van der Waals surface area contributed by atoms with E-state index < -0.39 is 0 Å². The van der Waals surface area contributed by atoms with Gasteiger partial charge in [0.2, 0.25) is 11.8 Å². The number of aromatic amines is 1. The van der Waals surface area contributed by atoms with Crippen LogP contribution in [0.1, 0.15) is 68.4 Å². The predicted molar refractivity (Wildman–Crippen MR) is 115 cm³/mol. The number of nitrogens with zero attached hydrogens (tertiary/aromatic N) is 4. The number of piperidine rings is 1. The van der Waals surface area contributed by atoms with Crippen molar-refractivity contribution in [1.82, 2.24) is 24.4 Å². The van der Waals surface area contributed by atoms with Crippen molar-refractivity contribution < 1.29 is 14.3 Å². The number of carbonyl (C=O) groups excluding carboxylic acids is 2. The van der Waals surface area contributed by atoms with Gasteiger partial charge in [0.05, 0.1) is 42.6 Å². The molecule has 1 atom stereocenters. The number of hydrogen-bond acceptors (Lipinski definition) is 5. The van der Waals surface area contributed by atoms with Crippen molar-refractivity contribution in [2.24, 2.45) is 0 Å². The molecule has 9 heteroatoms. The van der Waals surface area contributed by atoms with Gasteiger partial charge in [-0.05, 0) is 25.7 Å². The predicted octanol–water partition coefficient (Wildman–Crippen LogP) is 1.80. The van der Waals surface area contributed by atoms with Gasteiger partial charge in [-0.2, -0.15) is 0 Å². The number of fused-ring (bicyclic) bond motifs is 2. The van der Waals surface area contributed by atoms with Crippen LogP contribution >= 0.6 is 0 Å². The Hall–Kier alpha value is -2.68. The van der Waals surface area contributed by atoms with E-state index in [2.05, 4.69) is 5.10 Å². The summed E-state index contributed by atoms with van der Waals surface area (Å²) in [6.45, 7) is 3.98. The van der Waals surface area contributed by atoms with Crippen LogP contribution in [0.25, 0.3) is 5.65 Å². The molecule has 1 fully saturated rings. The molecule has 9 nitrogen and oxygen atoms in total. The van der Waals surface area contributed by atoms with Crippen LogP contribution in [-0.4, -0.2) is 63.0 Å². The first-order valence-corrected chi connectivity index (χ1v) is 11.2. The summed E-state index contributed by atoms with van der Waals surface area (Å²) < 4.78 is 6.53. The Bertz CT molecular complexity index is 1030. The zero-order chi connectivity index (χ0) is 22.0. The van der Waals surface area contributed by atoms with E-state index in [9.17, 15) is 14.4 Å². The zero-order valence-corrected chi connectivity index (χ0v) is 18.4. The minimum atomic E-state index is -0.159. The summed E-state index contributed by atoms with van der Waals surface area (Å²) >= 11 is 0. The average Bonchev–Trinajstić information content (AvgIpc) is 3.22. The van der Waals surface area contributed by atoms with Crippen molar-refractivity contribution in [2.75, 3.05) is 26.8 Å². The number of carbonyl (C=O) groups is 2. The van der Waals surface area contributed by atoms with Gasteiger partial charge in [-0.3, -0.25) is 19.5 Å². The van der Waals surface area contributed by atoms with Crippen molar-refractivity contribution >= 4 is 17.5 Å². The Morgan fingerprint density at radius 3 is 2.84 bits per heavy atom. The largest absolute Gasteiger partial charge is 0.384 e. The maximum Gasteiger partial charge on any atom is 0.277 e. The van der Waals surface area contributed by atoms with E-state index in [1.807, 2.05) is 17.9 Å². The molecule has 0 unspecified atom stereocenters. The normalized spacial score (nSPS) is 19.0. The number of likely N-dealkylation sites (tertiary alicyclic amines) is 1. The summed E-state index contributed by atoms with van der Waals surface area (Å²) in [5, 5.41) is 3.21. The maximum atomic E-state index is 13.2. The number of hydrogen-bond donors (Lipinski definition) is 1. The lowest BCUT2D eigenvalue weighted by Gasteiger charge is -2.35. The lowest BCUT2D eigenvalue weighted by molar-refractivity contribution is -0.136. The van der Waals surface area contributed by atoms with E-state index in [1.165, 1.54) is 4.52 Å². The Balaban J connectivity index is 1.64. The molecule has 1 N–H and O–H groups in total. The van der Waals surface area contributed by atoms with Gasteiger partial charge in [0, 0.05) is 39.1 Å². The van der Waals surface area contributed by atoms with Gasteiger partial charge >= 0.3 is 0 Å². The monoisotopic (exact) mass is 429 g/mol. The molecule has 0 bridgehead atoms. The van der Waals surface area contributed by atoms with E-state index in [0.29, 0.717) is 56.7 Å². The van der Waals surface area contributed by atoms with Crippen LogP contribution in [0.15, 0.2) is 10.9 Å². The second-order valence-electron chi connectivity index (χ2n) is 8.40. The lowest BCUT2D eigenvalue weighted by atomic mass is 9.99. The van der Waals surface area contributed by atoms with Gasteiger partial charge < -0.3 is 14.5 Å². The van der Waals surface area contributed by atoms with Crippen molar-refractivity contribution in [3.63, 3.8) is 0 Å². The molecule has 2 aliphatic rings. The molecule has 2 aromatic rings. The minimum absolute atomic E-state index is 0.0647. The topological polar surface area (TPSA) is 100 Å². The first-order valence-electron chi connectivity index (χ1n) is 11.2. The summed E-state index contributed by atoms with van der Waals surface area (Å²) in [7, 11) is 1.59. The van der Waals surface area contributed by atoms with Gasteiger partial charge in [-0.1, -0.05) is 6.92 Å². The van der Waals surface area contributed by atoms with Crippen LogP contribution in [0.2, 0.25) is 0 Å². The molecule has 2 amide bonds. The first kappa shape index (κ1) is 21.5. The van der Waals surface area contributed by atoms with E-state index >= 15 is 0 Å². The molecule has 0 radical (unpaired) electrons. The standard InChI is InChI=1S/C22H31N5O4/c1-3-6-20(28)25-11-8-16-15(14-25)22(30)27-19(23-16)13-17(24-27)18-7-4-5-10-26(18)21(29)9-12-31-2/h13,18,24H,3-12,14H2,1-2H3/t18-/m1/s1. The molecule has 4 heterocycles. The highest BCUT2D eigenvalue weighted by Gasteiger charge is 2.30. The average molecular weight is 430 g/mol. The zero-order valence-electron chi connectivity index (χ0n) is 18.4. The molecule has 0 aromatic carbocycles. The van der Waals surface area contributed by atoms with E-state index in [1.54, 1.807) is 12.0 Å². The van der Waals surface area contributed by atoms with Gasteiger partial charge in [0.25, 0.3) is 5.56 Å². The van der Waals surface area contributed by atoms with Crippen molar-refractivity contribution in [2.45, 2.75) is 64.5 Å². The molecule has 0 aliphatic carbocycles. The summed E-state index contributed by atoms with van der Waals surface area (Å²) in [4.78, 5) is 46.6. The third-order valence-corrected chi connectivity index (χ3v) is 6.30. The van der Waals surface area contributed by atoms with E-state index in [0.717, 1.165) is 37.1 Å². The number of methoxy groups -OCH3 is 1. The SMILES string of the molecule is CCCC(=O)N1CCc2nc3cc([C@H]4CCCCN4C(=O)CCOC)[nH]n3c(=O)c2C1. The van der Waals surface area contributed by atoms with E-state index in [4.69, 9.17) is 9.72 Å². The van der Waals surface area contributed by atoms with Crippen LogP contribution in [-0.2, 0) is 27.3 Å². The van der Waals surface area contributed by atoms with Gasteiger partial charge in [0.15, 0.2) is 5.65 Å². The third-order valence-electron chi connectivity index (χ3n) is 6.30. The highest BCUT2D eigenvalue weighted by atomic mass is 16.5. The molecular formula is C22H31N5O4. The second kappa shape index (κ2) is 9.21. The molecule has 1 saturated heterocycles. The lowest BCUT2D eigenvalue weighted by Crippen LogP contribution is -2.40. The fraction of sp³-hybridized carbons (Fsp3) is 0.636. The van der Waals surface area contributed by atoms with Gasteiger partial charge in [-0.15, -0.1) is 0 Å². The minimum Gasteiger partial charge on any atom is -0.384 e. The summed E-state index contributed by atoms with van der Waals surface area (Å²) in [5.74, 6) is 0.145. The van der Waals surface area contributed by atoms with Crippen LogP contribution in [0.4, 0.5) is 0 Å². The first-order chi connectivity index (χ1) is 15.0. The quantitative estimate of drug-likeness (QED) is 0.755. The Morgan fingerprint density at radius 1 is 1.23 bits per heavy atom. The second-order valence-corrected chi connectivity index (χ2v) is 8.40. The Morgan fingerprint density at radius 2 is 2.06 bits per heavy atom. The summed E-state index contributed by atoms with van der Waals surface area (Å²) in [6, 6.07) is 1.79. The van der Waals surface area contributed by atoms with Crippen LogP contribution < -0.4 is 5.56 Å². The number of nitrogens with one attached hydrogen (secondary N) is 1. The van der Waals surface area contributed by atoms with Crippen LogP contribution in [0.3, 0.4) is 0 Å². The highest BCUT2D eigenvalue weighted by molar-refractivity contribution is 5.77. The molecule has 31 heavy (non-hydrogen) atoms. The van der Waals surface area contributed by atoms with Crippen LogP contribution in [0, 0.1) is 0 Å². The maximum absolute atomic E-state index is 13.2. The number of rotatable bonds is 6. The van der Waals surface area contributed by atoms with Crippen molar-refractivity contribution in [1.29, 1.82) is 0 Å². The van der Waals surface area contributed by atoms with Gasteiger partial charge in [-0.25, -0.2) is 9.50 Å². The molecular weight excluding hydrogens is 398 g/mol. The number of H-pyrrole nitrogens is 1. The number of aromatic nitrogens is 3. The summed E-state index contributed by atoms with van der Waals surface area (Å²) in [6.07, 6.45) is 5.07.